The van der Waals surface area contributed by atoms with Crippen molar-refractivity contribution in [2.75, 3.05) is 6.61 Å². The molecule has 1 heterocycles. The molecule has 26 heavy (non-hydrogen) atoms. The van der Waals surface area contributed by atoms with E-state index in [-0.39, 0.29) is 6.04 Å². The molecule has 1 aliphatic rings. The normalized spacial score (nSPS) is 15.3. The molecule has 1 aliphatic carbocycles. The number of hydrogen-bond acceptors (Lipinski definition) is 3. The summed E-state index contributed by atoms with van der Waals surface area (Å²) in [4.78, 5) is 0. The Morgan fingerprint density at radius 2 is 2.00 bits per heavy atom. The van der Waals surface area contributed by atoms with E-state index < -0.39 is 0 Å². The molecule has 0 radical (unpaired) electrons. The molecule has 3 aromatic rings. The van der Waals surface area contributed by atoms with Crippen molar-refractivity contribution in [3.8, 4) is 11.4 Å². The lowest BCUT2D eigenvalue weighted by Gasteiger charge is -2.09. The predicted octanol–water partition coefficient (Wildman–Crippen LogP) is 4.75. The first-order valence-corrected chi connectivity index (χ1v) is 9.63. The predicted molar refractivity (Wildman–Crippen MR) is 106 cm³/mol. The second kappa shape index (κ2) is 7.29. The Bertz CT molecular complexity index is 898. The van der Waals surface area contributed by atoms with Crippen LogP contribution in [0.4, 0.5) is 0 Å². The van der Waals surface area contributed by atoms with Gasteiger partial charge in [-0.15, -0.1) is 0 Å². The third-order valence-corrected chi connectivity index (χ3v) is 5.25. The zero-order valence-electron chi connectivity index (χ0n) is 15.0. The molecule has 1 aromatic heterocycles. The number of nitrogens with zero attached hydrogens (tertiary/aromatic N) is 2. The minimum Gasteiger partial charge on any atom is -0.492 e. The maximum Gasteiger partial charge on any atom is 0.119 e. The Labute approximate surface area is 158 Å². The zero-order valence-corrected chi connectivity index (χ0v) is 15.7. The Morgan fingerprint density at radius 3 is 2.69 bits per heavy atom. The molecular formula is C21H24ClN3O. The summed E-state index contributed by atoms with van der Waals surface area (Å²) in [6.07, 6.45) is 7.03. The Kier molecular flexibility index (Phi) is 4.88. The van der Waals surface area contributed by atoms with Crippen LogP contribution >= 0.6 is 11.6 Å². The smallest absolute Gasteiger partial charge is 0.119 e. The molecular weight excluding hydrogens is 346 g/mol. The van der Waals surface area contributed by atoms with Gasteiger partial charge in [0, 0.05) is 17.6 Å². The van der Waals surface area contributed by atoms with Gasteiger partial charge in [0.15, 0.2) is 0 Å². The molecule has 2 N–H and O–H groups in total. The van der Waals surface area contributed by atoms with Gasteiger partial charge < -0.3 is 10.5 Å². The van der Waals surface area contributed by atoms with Crippen LogP contribution in [0.15, 0.2) is 42.6 Å². The second-order valence-corrected chi connectivity index (χ2v) is 7.69. The fraction of sp³-hybridized carbons (Fsp3) is 0.381. The third-order valence-electron chi connectivity index (χ3n) is 4.83. The maximum atomic E-state index is 6.63. The SMILES string of the molecule is C[C@H](N)COc1ccc(-n2cc3ccc(CCC4CC4)c(Cl)c3n2)cc1. The lowest BCUT2D eigenvalue weighted by atomic mass is 10.1. The number of aryl methyl sites for hydroxylation is 1. The van der Waals surface area contributed by atoms with Gasteiger partial charge in [0.05, 0.1) is 10.7 Å². The lowest BCUT2D eigenvalue weighted by Crippen LogP contribution is -2.23. The number of rotatable bonds is 7. The van der Waals surface area contributed by atoms with Crippen LogP contribution in [0.25, 0.3) is 16.6 Å². The summed E-state index contributed by atoms with van der Waals surface area (Å²) in [7, 11) is 0. The van der Waals surface area contributed by atoms with Crippen molar-refractivity contribution >= 4 is 22.5 Å². The average Bonchev–Trinajstić information content (AvgIpc) is 3.36. The Morgan fingerprint density at radius 1 is 1.23 bits per heavy atom. The first-order chi connectivity index (χ1) is 12.6. The number of aromatic nitrogens is 2. The maximum absolute atomic E-state index is 6.63. The molecule has 0 spiro atoms. The number of nitrogens with two attached hydrogens (primary N) is 1. The van der Waals surface area contributed by atoms with Crippen molar-refractivity contribution in [1.29, 1.82) is 0 Å². The van der Waals surface area contributed by atoms with Crippen LogP contribution in [-0.2, 0) is 6.42 Å². The molecule has 0 amide bonds. The van der Waals surface area contributed by atoms with Gasteiger partial charge in [-0.2, -0.15) is 5.10 Å². The Hall–Kier alpha value is -2.04. The number of fused-ring (bicyclic) bond motifs is 1. The minimum absolute atomic E-state index is 0.0161. The van der Waals surface area contributed by atoms with Gasteiger partial charge in [0.25, 0.3) is 0 Å². The second-order valence-electron chi connectivity index (χ2n) is 7.31. The van der Waals surface area contributed by atoms with Crippen molar-refractivity contribution in [2.24, 2.45) is 11.7 Å². The topological polar surface area (TPSA) is 53.1 Å². The molecule has 4 nitrogen and oxygen atoms in total. The van der Waals surface area contributed by atoms with Gasteiger partial charge in [-0.3, -0.25) is 0 Å². The minimum atomic E-state index is 0.0161. The van der Waals surface area contributed by atoms with E-state index in [1.54, 1.807) is 0 Å². The van der Waals surface area contributed by atoms with Crippen LogP contribution in [0, 0.1) is 5.92 Å². The van der Waals surface area contributed by atoms with Gasteiger partial charge in [-0.1, -0.05) is 36.6 Å². The number of benzene rings is 2. The van der Waals surface area contributed by atoms with Gasteiger partial charge in [0.2, 0.25) is 0 Å². The highest BCUT2D eigenvalue weighted by Gasteiger charge is 2.21. The van der Waals surface area contributed by atoms with Crippen LogP contribution in [-0.4, -0.2) is 22.4 Å². The van der Waals surface area contributed by atoms with Crippen molar-refractivity contribution < 1.29 is 4.74 Å². The zero-order chi connectivity index (χ0) is 18.1. The first kappa shape index (κ1) is 17.4. The fourth-order valence-corrected chi connectivity index (χ4v) is 3.41. The van der Waals surface area contributed by atoms with Crippen LogP contribution in [0.1, 0.15) is 31.7 Å². The molecule has 0 saturated heterocycles. The van der Waals surface area contributed by atoms with Crippen LogP contribution in [0.2, 0.25) is 5.02 Å². The van der Waals surface area contributed by atoms with E-state index in [9.17, 15) is 0 Å². The van der Waals surface area contributed by atoms with E-state index in [2.05, 4.69) is 12.1 Å². The highest BCUT2D eigenvalue weighted by Crippen LogP contribution is 2.35. The summed E-state index contributed by atoms with van der Waals surface area (Å²) in [6.45, 7) is 2.43. The number of hydrogen-bond donors (Lipinski definition) is 1. The van der Waals surface area contributed by atoms with E-state index in [1.807, 2.05) is 42.1 Å². The van der Waals surface area contributed by atoms with Crippen molar-refractivity contribution in [2.45, 2.75) is 38.6 Å². The molecule has 0 bridgehead atoms. The molecule has 0 aliphatic heterocycles. The molecule has 4 rings (SSSR count). The highest BCUT2D eigenvalue weighted by atomic mass is 35.5. The molecule has 1 saturated carbocycles. The Balaban J connectivity index is 1.55. The van der Waals surface area contributed by atoms with Gasteiger partial charge >= 0.3 is 0 Å². The summed E-state index contributed by atoms with van der Waals surface area (Å²) < 4.78 is 7.50. The third kappa shape index (κ3) is 3.87. The monoisotopic (exact) mass is 369 g/mol. The molecule has 5 heteroatoms. The average molecular weight is 370 g/mol. The van der Waals surface area contributed by atoms with Gasteiger partial charge in [0.1, 0.15) is 17.9 Å². The van der Waals surface area contributed by atoms with Gasteiger partial charge in [-0.25, -0.2) is 4.68 Å². The van der Waals surface area contributed by atoms with E-state index in [0.717, 1.165) is 39.7 Å². The summed E-state index contributed by atoms with van der Waals surface area (Å²) in [5.74, 6) is 1.71. The number of ether oxygens (including phenoxy) is 1. The molecule has 2 aromatic carbocycles. The van der Waals surface area contributed by atoms with Gasteiger partial charge in [-0.05, 0) is 55.5 Å². The van der Waals surface area contributed by atoms with E-state index in [4.69, 9.17) is 27.2 Å². The summed E-state index contributed by atoms with van der Waals surface area (Å²) in [5.41, 5.74) is 8.77. The number of halogens is 1. The molecule has 1 fully saturated rings. The first-order valence-electron chi connectivity index (χ1n) is 9.26. The standard InChI is InChI=1S/C21H24ClN3O/c1-14(23)13-26-19-10-8-18(9-11-19)25-12-17-7-6-16(5-4-15-2-3-15)20(22)21(17)24-25/h6-12,14-15H,2-5,13,23H2,1H3/t14-/m0/s1. The van der Waals surface area contributed by atoms with E-state index in [0.29, 0.717) is 6.61 Å². The van der Waals surface area contributed by atoms with Crippen molar-refractivity contribution in [3.05, 3.63) is 53.2 Å². The largest absolute Gasteiger partial charge is 0.492 e. The quantitative estimate of drug-likeness (QED) is 0.654. The van der Waals surface area contributed by atoms with E-state index >= 15 is 0 Å². The molecule has 1 atom stereocenters. The van der Waals surface area contributed by atoms with Crippen molar-refractivity contribution in [3.63, 3.8) is 0 Å². The highest BCUT2D eigenvalue weighted by molar-refractivity contribution is 6.35. The summed E-state index contributed by atoms with van der Waals surface area (Å²) in [6, 6.07) is 12.1. The lowest BCUT2D eigenvalue weighted by molar-refractivity contribution is 0.296. The van der Waals surface area contributed by atoms with Crippen LogP contribution in [0.5, 0.6) is 5.75 Å². The van der Waals surface area contributed by atoms with Crippen LogP contribution in [0.3, 0.4) is 0 Å². The van der Waals surface area contributed by atoms with Crippen molar-refractivity contribution in [1.82, 2.24) is 9.78 Å². The molecule has 136 valence electrons. The van der Waals surface area contributed by atoms with E-state index in [1.165, 1.54) is 24.8 Å². The fourth-order valence-electron chi connectivity index (χ4n) is 3.11. The summed E-state index contributed by atoms with van der Waals surface area (Å²) in [5, 5.41) is 6.56. The molecule has 0 unspecified atom stereocenters. The summed E-state index contributed by atoms with van der Waals surface area (Å²) >= 11 is 6.63. The van der Waals surface area contributed by atoms with Crippen LogP contribution < -0.4 is 10.5 Å².